The molecule has 0 amide bonds. The zero-order valence-electron chi connectivity index (χ0n) is 28.7. The molecule has 1 nitrogen and oxygen atoms in total. The molecule has 6 aliphatic rings. The molecule has 6 aromatic carbocycles. The van der Waals surface area contributed by atoms with Crippen LogP contribution in [0.3, 0.4) is 0 Å². The summed E-state index contributed by atoms with van der Waals surface area (Å²) in [5, 5.41) is 2.65. The van der Waals surface area contributed by atoms with Crippen LogP contribution in [-0.4, -0.2) is 4.57 Å². The first-order chi connectivity index (χ1) is 24.5. The normalized spacial score (nSPS) is 29.4. The van der Waals surface area contributed by atoms with E-state index < -0.39 is 0 Å². The van der Waals surface area contributed by atoms with E-state index in [-0.39, 0.29) is 10.8 Å². The Morgan fingerprint density at radius 2 is 1.20 bits per heavy atom. The SMILES string of the molecule is CC1(C)c2ccccc2-c2cc(-n3c4ccccc4c4cc(-c5ccc6c(c5)C5(c7ccccc7-6)C6CC7CC8CC5C86C7)ccc43)ccc21. The maximum absolute atomic E-state index is 2.64. The average Bonchev–Trinajstić information content (AvgIpc) is 3.91. The van der Waals surface area contributed by atoms with Gasteiger partial charge in [0.05, 0.1) is 11.0 Å². The molecule has 0 aliphatic heterocycles. The van der Waals surface area contributed by atoms with Crippen molar-refractivity contribution in [3.63, 3.8) is 0 Å². The molecule has 240 valence electrons. The summed E-state index contributed by atoms with van der Waals surface area (Å²) in [5.41, 5.74) is 19.2. The monoisotopic (exact) mass is 641 g/mol. The Labute approximate surface area is 293 Å². The van der Waals surface area contributed by atoms with Gasteiger partial charge in [0.25, 0.3) is 0 Å². The van der Waals surface area contributed by atoms with Crippen molar-refractivity contribution in [2.45, 2.75) is 50.4 Å². The third-order valence-corrected chi connectivity index (χ3v) is 15.5. The molecule has 1 heterocycles. The van der Waals surface area contributed by atoms with Crippen LogP contribution in [0.2, 0.25) is 0 Å². The van der Waals surface area contributed by atoms with Crippen LogP contribution in [0.1, 0.15) is 61.8 Å². The molecule has 4 fully saturated rings. The van der Waals surface area contributed by atoms with E-state index in [1.165, 1.54) is 97.7 Å². The van der Waals surface area contributed by atoms with Gasteiger partial charge in [0, 0.05) is 27.3 Å². The van der Waals surface area contributed by atoms with E-state index in [9.17, 15) is 0 Å². The Balaban J connectivity index is 0.980. The topological polar surface area (TPSA) is 4.93 Å². The number of para-hydroxylation sites is 1. The summed E-state index contributed by atoms with van der Waals surface area (Å²) in [6.07, 6.45) is 5.92. The Morgan fingerprint density at radius 3 is 2.08 bits per heavy atom. The molecule has 6 aliphatic carbocycles. The molecular formula is C49H39N. The van der Waals surface area contributed by atoms with E-state index in [1.807, 2.05) is 0 Å². The highest BCUT2D eigenvalue weighted by Gasteiger charge is 2.84. The average molecular weight is 642 g/mol. The fourth-order valence-corrected chi connectivity index (χ4v) is 13.8. The molecule has 4 saturated carbocycles. The smallest absolute Gasteiger partial charge is 0.0541 e. The maximum atomic E-state index is 2.64. The summed E-state index contributed by atoms with van der Waals surface area (Å²) in [4.78, 5) is 0. The Morgan fingerprint density at radius 1 is 0.520 bits per heavy atom. The summed E-state index contributed by atoms with van der Waals surface area (Å²) >= 11 is 0. The fourth-order valence-electron chi connectivity index (χ4n) is 13.8. The van der Waals surface area contributed by atoms with Crippen molar-refractivity contribution in [1.29, 1.82) is 0 Å². The van der Waals surface area contributed by atoms with Crippen LogP contribution in [-0.2, 0) is 10.8 Å². The van der Waals surface area contributed by atoms with Gasteiger partial charge >= 0.3 is 0 Å². The van der Waals surface area contributed by atoms with Gasteiger partial charge in [0.1, 0.15) is 0 Å². The fraction of sp³-hybridized carbons (Fsp3) is 0.265. The third-order valence-electron chi connectivity index (χ3n) is 15.5. The zero-order valence-corrected chi connectivity index (χ0v) is 28.7. The van der Waals surface area contributed by atoms with Crippen molar-refractivity contribution in [2.75, 3.05) is 0 Å². The third kappa shape index (κ3) is 2.77. The minimum absolute atomic E-state index is 0.00769. The summed E-state index contributed by atoms with van der Waals surface area (Å²) < 4.78 is 2.49. The molecule has 13 rings (SSSR count). The van der Waals surface area contributed by atoms with Crippen molar-refractivity contribution >= 4 is 21.8 Å². The zero-order chi connectivity index (χ0) is 32.7. The van der Waals surface area contributed by atoms with Crippen molar-refractivity contribution in [3.8, 4) is 39.1 Å². The molecule has 7 aromatic rings. The van der Waals surface area contributed by atoms with E-state index in [0.717, 1.165) is 23.7 Å². The highest BCUT2D eigenvalue weighted by Crippen LogP contribution is 2.89. The number of nitrogens with zero attached hydrogens (tertiary/aromatic N) is 1. The number of hydrogen-bond donors (Lipinski definition) is 0. The van der Waals surface area contributed by atoms with Crippen molar-refractivity contribution in [2.24, 2.45) is 29.1 Å². The number of benzene rings is 6. The largest absolute Gasteiger partial charge is 0.309 e. The molecule has 6 atom stereocenters. The van der Waals surface area contributed by atoms with Gasteiger partial charge in [-0.15, -0.1) is 0 Å². The van der Waals surface area contributed by atoms with Crippen molar-refractivity contribution < 1.29 is 0 Å². The molecule has 2 spiro atoms. The highest BCUT2D eigenvalue weighted by atomic mass is 15.0. The van der Waals surface area contributed by atoms with Gasteiger partial charge < -0.3 is 4.57 Å². The summed E-state index contributed by atoms with van der Waals surface area (Å²) in [5.74, 6) is 3.65. The molecule has 1 heteroatoms. The van der Waals surface area contributed by atoms with Gasteiger partial charge in [-0.1, -0.05) is 105 Å². The van der Waals surface area contributed by atoms with Gasteiger partial charge in [-0.2, -0.15) is 0 Å². The first-order valence-electron chi connectivity index (χ1n) is 19.0. The summed E-state index contributed by atoms with van der Waals surface area (Å²) in [6.45, 7) is 4.73. The second-order valence-electron chi connectivity index (χ2n) is 17.4. The first-order valence-corrected chi connectivity index (χ1v) is 19.0. The minimum atomic E-state index is 0.00769. The van der Waals surface area contributed by atoms with E-state index >= 15 is 0 Å². The summed E-state index contributed by atoms with van der Waals surface area (Å²) in [7, 11) is 0. The van der Waals surface area contributed by atoms with E-state index in [1.54, 1.807) is 11.1 Å². The molecule has 50 heavy (non-hydrogen) atoms. The molecule has 0 saturated heterocycles. The second kappa shape index (κ2) is 8.52. The predicted molar refractivity (Wildman–Crippen MR) is 205 cm³/mol. The van der Waals surface area contributed by atoms with Crippen LogP contribution in [0.25, 0.3) is 60.9 Å². The standard InChI is InChI=1S/C49H39N/c1-47(2)39-12-6-3-10-34(39)37-26-32(17-19-40(37)47)50-43-14-8-5-11-36(43)38-23-29(16-20-44(38)50)30-15-18-35-33-9-4-7-13-41(33)49(42(35)24-30)45-22-28-21-31-25-46(49)48(31,45)27-28/h3-20,23-24,26,28,31,45-46H,21-22,25,27H2,1-2H3. The van der Waals surface area contributed by atoms with E-state index in [0.29, 0.717) is 5.41 Å². The van der Waals surface area contributed by atoms with Gasteiger partial charge in [-0.25, -0.2) is 0 Å². The van der Waals surface area contributed by atoms with Crippen molar-refractivity contribution in [3.05, 3.63) is 150 Å². The maximum Gasteiger partial charge on any atom is 0.0541 e. The number of hydrogen-bond acceptors (Lipinski definition) is 0. The predicted octanol–water partition coefficient (Wildman–Crippen LogP) is 12.1. The van der Waals surface area contributed by atoms with Gasteiger partial charge in [0.15, 0.2) is 0 Å². The van der Waals surface area contributed by atoms with Crippen LogP contribution >= 0.6 is 0 Å². The quantitative estimate of drug-likeness (QED) is 0.177. The molecule has 6 unspecified atom stereocenters. The van der Waals surface area contributed by atoms with E-state index in [4.69, 9.17) is 0 Å². The lowest BCUT2D eigenvalue weighted by molar-refractivity contribution is -0.231. The lowest BCUT2D eigenvalue weighted by Crippen LogP contribution is -2.73. The number of aromatic nitrogens is 1. The second-order valence-corrected chi connectivity index (χ2v) is 17.4. The lowest BCUT2D eigenvalue weighted by atomic mass is 9.27. The first kappa shape index (κ1) is 26.9. The molecule has 2 bridgehead atoms. The summed E-state index contributed by atoms with van der Waals surface area (Å²) in [6, 6.07) is 49.4. The number of fused-ring (bicyclic) bond motifs is 14. The molecule has 0 radical (unpaired) electrons. The van der Waals surface area contributed by atoms with Crippen LogP contribution in [0.5, 0.6) is 0 Å². The molecule has 0 N–H and O–H groups in total. The van der Waals surface area contributed by atoms with E-state index in [2.05, 4.69) is 146 Å². The number of rotatable bonds is 2. The Hall–Kier alpha value is -4.88. The van der Waals surface area contributed by atoms with Gasteiger partial charge in [-0.05, 0) is 147 Å². The van der Waals surface area contributed by atoms with Crippen LogP contribution in [0.15, 0.2) is 127 Å². The van der Waals surface area contributed by atoms with Gasteiger partial charge in [0.2, 0.25) is 0 Å². The van der Waals surface area contributed by atoms with Crippen LogP contribution in [0.4, 0.5) is 0 Å². The van der Waals surface area contributed by atoms with Crippen LogP contribution in [0, 0.1) is 29.1 Å². The minimum Gasteiger partial charge on any atom is -0.309 e. The lowest BCUT2D eigenvalue weighted by Gasteiger charge is -2.76. The van der Waals surface area contributed by atoms with Crippen LogP contribution < -0.4 is 0 Å². The van der Waals surface area contributed by atoms with Gasteiger partial charge in [-0.3, -0.25) is 0 Å². The Bertz CT molecular complexity index is 2690. The molecule has 1 aromatic heterocycles. The van der Waals surface area contributed by atoms with Crippen molar-refractivity contribution in [1.82, 2.24) is 4.57 Å². The highest BCUT2D eigenvalue weighted by molar-refractivity contribution is 6.10. The Kier molecular flexibility index (Phi) is 4.59. The molecular weight excluding hydrogens is 603 g/mol.